The molecule has 2 aromatic rings. The SMILES string of the molecule is Cc1cccc(C)c1N(CC(=O)Nc1ccc(F)c(F)c1)S(C)(=O)=O. The van der Waals surface area contributed by atoms with E-state index in [0.717, 1.165) is 22.7 Å². The molecule has 2 aromatic carbocycles. The third kappa shape index (κ3) is 4.54. The average molecular weight is 368 g/mol. The van der Waals surface area contributed by atoms with Crippen LogP contribution in [-0.4, -0.2) is 27.1 Å². The number of amides is 1. The number of nitrogens with zero attached hydrogens (tertiary/aromatic N) is 1. The summed E-state index contributed by atoms with van der Waals surface area (Å²) in [6.07, 6.45) is 1.00. The first-order chi connectivity index (χ1) is 11.6. The Balaban J connectivity index is 2.29. The van der Waals surface area contributed by atoms with E-state index in [9.17, 15) is 22.0 Å². The molecule has 0 aliphatic rings. The molecule has 8 heteroatoms. The number of rotatable bonds is 5. The van der Waals surface area contributed by atoms with Crippen molar-refractivity contribution in [3.8, 4) is 0 Å². The molecule has 0 unspecified atom stereocenters. The van der Waals surface area contributed by atoms with Gasteiger partial charge in [0.15, 0.2) is 11.6 Å². The second-order valence-corrected chi connectivity index (χ2v) is 7.59. The minimum absolute atomic E-state index is 0.0406. The Morgan fingerprint density at radius 2 is 1.68 bits per heavy atom. The molecule has 0 fully saturated rings. The van der Waals surface area contributed by atoms with Gasteiger partial charge in [0.2, 0.25) is 15.9 Å². The van der Waals surface area contributed by atoms with Gasteiger partial charge in [-0.15, -0.1) is 0 Å². The van der Waals surface area contributed by atoms with Gasteiger partial charge >= 0.3 is 0 Å². The highest BCUT2D eigenvalue weighted by Gasteiger charge is 2.24. The Kier molecular flexibility index (Phi) is 5.42. The molecule has 0 aliphatic heterocycles. The highest BCUT2D eigenvalue weighted by atomic mass is 32.2. The zero-order chi connectivity index (χ0) is 18.8. The second-order valence-electron chi connectivity index (χ2n) is 5.69. The molecule has 0 heterocycles. The number of nitrogens with one attached hydrogen (secondary N) is 1. The molecule has 5 nitrogen and oxygen atoms in total. The molecule has 2 rings (SSSR count). The third-order valence-electron chi connectivity index (χ3n) is 3.58. The topological polar surface area (TPSA) is 66.5 Å². The normalized spacial score (nSPS) is 11.2. The summed E-state index contributed by atoms with van der Waals surface area (Å²) in [6, 6.07) is 8.18. The van der Waals surface area contributed by atoms with E-state index < -0.39 is 34.1 Å². The van der Waals surface area contributed by atoms with Crippen LogP contribution >= 0.6 is 0 Å². The smallest absolute Gasteiger partial charge is 0.245 e. The van der Waals surface area contributed by atoms with Crippen molar-refractivity contribution < 1.29 is 22.0 Å². The molecule has 1 amide bonds. The Morgan fingerprint density at radius 1 is 1.08 bits per heavy atom. The van der Waals surface area contributed by atoms with E-state index in [-0.39, 0.29) is 5.69 Å². The lowest BCUT2D eigenvalue weighted by Gasteiger charge is -2.25. The summed E-state index contributed by atoms with van der Waals surface area (Å²) in [6.45, 7) is 3.01. The van der Waals surface area contributed by atoms with Crippen molar-refractivity contribution in [2.24, 2.45) is 0 Å². The van der Waals surface area contributed by atoms with Crippen molar-refractivity contribution >= 4 is 27.3 Å². The fourth-order valence-electron chi connectivity index (χ4n) is 2.47. The van der Waals surface area contributed by atoms with Gasteiger partial charge in [0, 0.05) is 11.8 Å². The Bertz CT molecular complexity index is 894. The summed E-state index contributed by atoms with van der Waals surface area (Å²) in [7, 11) is -3.73. The summed E-state index contributed by atoms with van der Waals surface area (Å²) >= 11 is 0. The monoisotopic (exact) mass is 368 g/mol. The zero-order valence-corrected chi connectivity index (χ0v) is 14.8. The number of halogens is 2. The number of para-hydroxylation sites is 1. The molecule has 0 atom stereocenters. The molecule has 0 spiro atoms. The number of aryl methyl sites for hydroxylation is 2. The van der Waals surface area contributed by atoms with Gasteiger partial charge in [-0.2, -0.15) is 0 Å². The van der Waals surface area contributed by atoms with E-state index in [1.807, 2.05) is 0 Å². The van der Waals surface area contributed by atoms with Crippen molar-refractivity contribution in [2.75, 3.05) is 22.4 Å². The number of benzene rings is 2. The molecule has 134 valence electrons. The summed E-state index contributed by atoms with van der Waals surface area (Å²) in [5.41, 5.74) is 1.86. The summed E-state index contributed by atoms with van der Waals surface area (Å²) in [5.74, 6) is -2.81. The molecular weight excluding hydrogens is 350 g/mol. The van der Waals surface area contributed by atoms with E-state index in [0.29, 0.717) is 16.8 Å². The predicted molar refractivity (Wildman–Crippen MR) is 93.1 cm³/mol. The van der Waals surface area contributed by atoms with E-state index in [1.54, 1.807) is 32.0 Å². The van der Waals surface area contributed by atoms with Crippen LogP contribution in [0.2, 0.25) is 0 Å². The van der Waals surface area contributed by atoms with Gasteiger partial charge in [0.25, 0.3) is 0 Å². The van der Waals surface area contributed by atoms with Crippen LogP contribution in [0.15, 0.2) is 36.4 Å². The highest BCUT2D eigenvalue weighted by Crippen LogP contribution is 2.26. The zero-order valence-electron chi connectivity index (χ0n) is 14.0. The van der Waals surface area contributed by atoms with Crippen molar-refractivity contribution in [3.05, 3.63) is 59.2 Å². The number of hydrogen-bond acceptors (Lipinski definition) is 3. The lowest BCUT2D eigenvalue weighted by molar-refractivity contribution is -0.114. The van der Waals surface area contributed by atoms with Crippen LogP contribution in [0.4, 0.5) is 20.2 Å². The standard InChI is InChI=1S/C17H18F2N2O3S/c1-11-5-4-6-12(2)17(11)21(25(3,23)24)10-16(22)20-13-7-8-14(18)15(19)9-13/h4-9H,10H2,1-3H3,(H,20,22). The summed E-state index contributed by atoms with van der Waals surface area (Å²) in [4.78, 5) is 12.2. The molecule has 1 N–H and O–H groups in total. The maximum atomic E-state index is 13.2. The van der Waals surface area contributed by atoms with Crippen LogP contribution in [0.1, 0.15) is 11.1 Å². The van der Waals surface area contributed by atoms with Crippen molar-refractivity contribution in [3.63, 3.8) is 0 Å². The van der Waals surface area contributed by atoms with Crippen LogP contribution in [0, 0.1) is 25.5 Å². The summed E-state index contributed by atoms with van der Waals surface area (Å²) in [5, 5.41) is 2.37. The Labute approximate surface area is 145 Å². The molecule has 0 radical (unpaired) electrons. The highest BCUT2D eigenvalue weighted by molar-refractivity contribution is 7.92. The quantitative estimate of drug-likeness (QED) is 0.882. The fourth-order valence-corrected chi connectivity index (χ4v) is 3.44. The van der Waals surface area contributed by atoms with Gasteiger partial charge < -0.3 is 5.32 Å². The van der Waals surface area contributed by atoms with E-state index in [1.165, 1.54) is 6.07 Å². The molecule has 25 heavy (non-hydrogen) atoms. The van der Waals surface area contributed by atoms with Gasteiger partial charge in [-0.25, -0.2) is 17.2 Å². The predicted octanol–water partition coefficient (Wildman–Crippen LogP) is 2.99. The van der Waals surface area contributed by atoms with E-state index in [4.69, 9.17) is 0 Å². The molecule has 0 aromatic heterocycles. The molecule has 0 bridgehead atoms. The van der Waals surface area contributed by atoms with Crippen molar-refractivity contribution in [2.45, 2.75) is 13.8 Å². The van der Waals surface area contributed by atoms with Crippen LogP contribution in [0.25, 0.3) is 0 Å². The average Bonchev–Trinajstić information content (AvgIpc) is 2.49. The molecule has 0 saturated heterocycles. The second kappa shape index (κ2) is 7.18. The first kappa shape index (κ1) is 18.9. The van der Waals surface area contributed by atoms with Crippen LogP contribution in [0.3, 0.4) is 0 Å². The molecule has 0 saturated carbocycles. The van der Waals surface area contributed by atoms with Gasteiger partial charge in [-0.3, -0.25) is 9.10 Å². The lowest BCUT2D eigenvalue weighted by atomic mass is 10.1. The fraction of sp³-hybridized carbons (Fsp3) is 0.235. The largest absolute Gasteiger partial charge is 0.324 e. The number of sulfonamides is 1. The minimum atomic E-state index is -3.73. The number of anilines is 2. The Hall–Kier alpha value is -2.48. The molecular formula is C17H18F2N2O3S. The van der Waals surface area contributed by atoms with E-state index in [2.05, 4.69) is 5.32 Å². The van der Waals surface area contributed by atoms with Crippen molar-refractivity contribution in [1.82, 2.24) is 0 Å². The first-order valence-corrected chi connectivity index (χ1v) is 9.23. The summed E-state index contributed by atoms with van der Waals surface area (Å²) < 4.78 is 51.5. The lowest BCUT2D eigenvalue weighted by Crippen LogP contribution is -2.38. The third-order valence-corrected chi connectivity index (χ3v) is 4.69. The minimum Gasteiger partial charge on any atom is -0.324 e. The van der Waals surface area contributed by atoms with Gasteiger partial charge in [-0.05, 0) is 37.1 Å². The van der Waals surface area contributed by atoms with Crippen LogP contribution < -0.4 is 9.62 Å². The number of hydrogen-bond donors (Lipinski definition) is 1. The Morgan fingerprint density at radius 3 is 2.20 bits per heavy atom. The maximum Gasteiger partial charge on any atom is 0.245 e. The van der Waals surface area contributed by atoms with Crippen LogP contribution in [-0.2, 0) is 14.8 Å². The van der Waals surface area contributed by atoms with Crippen molar-refractivity contribution in [1.29, 1.82) is 0 Å². The number of carbonyl (C=O) groups excluding carboxylic acids is 1. The van der Waals surface area contributed by atoms with E-state index >= 15 is 0 Å². The maximum absolute atomic E-state index is 13.2. The van der Waals surface area contributed by atoms with Gasteiger partial charge in [0.05, 0.1) is 11.9 Å². The van der Waals surface area contributed by atoms with Gasteiger partial charge in [0.1, 0.15) is 6.54 Å². The number of carbonyl (C=O) groups is 1. The van der Waals surface area contributed by atoms with Gasteiger partial charge in [-0.1, -0.05) is 18.2 Å². The molecule has 0 aliphatic carbocycles. The van der Waals surface area contributed by atoms with Crippen LogP contribution in [0.5, 0.6) is 0 Å². The first-order valence-electron chi connectivity index (χ1n) is 7.38.